The van der Waals surface area contributed by atoms with E-state index in [9.17, 15) is 18.0 Å². The monoisotopic (exact) mass is 266 g/mol. The van der Waals surface area contributed by atoms with Gasteiger partial charge in [-0.05, 0) is 18.2 Å². The Balaban J connectivity index is 2.29. The van der Waals surface area contributed by atoms with Gasteiger partial charge in [0, 0.05) is 23.4 Å². The van der Waals surface area contributed by atoms with E-state index in [2.05, 4.69) is 0 Å². The number of nitrogen functional groups attached to an aromatic ring is 1. The molecular formula is C13H9F3N2O. The minimum atomic E-state index is -1.19. The van der Waals surface area contributed by atoms with Crippen molar-refractivity contribution >= 4 is 17.3 Å². The van der Waals surface area contributed by atoms with E-state index < -0.39 is 29.0 Å². The molecule has 2 aromatic rings. The topological polar surface area (TPSA) is 55.1 Å². The Labute approximate surface area is 106 Å². The molecule has 0 bridgehead atoms. The van der Waals surface area contributed by atoms with Crippen molar-refractivity contribution in [3.63, 3.8) is 0 Å². The maximum absolute atomic E-state index is 13.3. The molecule has 2 rings (SSSR count). The van der Waals surface area contributed by atoms with Gasteiger partial charge in [-0.1, -0.05) is 6.07 Å². The third-order valence-corrected chi connectivity index (χ3v) is 2.39. The summed E-state index contributed by atoms with van der Waals surface area (Å²) < 4.78 is 39.4. The number of rotatable bonds is 2. The van der Waals surface area contributed by atoms with Gasteiger partial charge in [-0.3, -0.25) is 4.79 Å². The zero-order valence-electron chi connectivity index (χ0n) is 9.58. The number of halogens is 3. The largest absolute Gasteiger partial charge is 0.399 e. The van der Waals surface area contributed by atoms with Crippen LogP contribution in [-0.4, -0.2) is 5.91 Å². The second-order valence-electron chi connectivity index (χ2n) is 3.82. The van der Waals surface area contributed by atoms with Crippen LogP contribution in [0.25, 0.3) is 0 Å². The molecule has 0 atom stereocenters. The molecule has 19 heavy (non-hydrogen) atoms. The predicted molar refractivity (Wildman–Crippen MR) is 65.1 cm³/mol. The smallest absolute Gasteiger partial charge is 0.255 e. The van der Waals surface area contributed by atoms with Gasteiger partial charge in [-0.2, -0.15) is 0 Å². The van der Waals surface area contributed by atoms with Crippen LogP contribution in [0.1, 0.15) is 10.4 Å². The van der Waals surface area contributed by atoms with E-state index in [4.69, 9.17) is 5.73 Å². The van der Waals surface area contributed by atoms with E-state index in [1.165, 1.54) is 18.2 Å². The Hall–Kier alpha value is -2.50. The highest BCUT2D eigenvalue weighted by Gasteiger charge is 2.15. The average Bonchev–Trinajstić information content (AvgIpc) is 2.33. The number of hydrogen-bond donors (Lipinski definition) is 2. The zero-order valence-corrected chi connectivity index (χ0v) is 9.58. The normalized spacial score (nSPS) is 10.3. The zero-order chi connectivity index (χ0) is 14.0. The summed E-state index contributed by atoms with van der Waals surface area (Å²) in [6.45, 7) is 0. The summed E-state index contributed by atoms with van der Waals surface area (Å²) in [5, 5.41) is 2.04. The molecule has 0 spiro atoms. The van der Waals surface area contributed by atoms with Gasteiger partial charge in [0.1, 0.15) is 11.5 Å². The standard InChI is InChI=1S/C13H9F3N2O/c14-8-5-10(15)12(11(16)6-8)18-13(19)7-2-1-3-9(17)4-7/h1-6H,17H2,(H,18,19). The van der Waals surface area contributed by atoms with E-state index in [0.717, 1.165) is 0 Å². The number of hydrogen-bond acceptors (Lipinski definition) is 2. The summed E-state index contributed by atoms with van der Waals surface area (Å²) in [5.74, 6) is -4.17. The van der Waals surface area contributed by atoms with E-state index in [1.54, 1.807) is 6.07 Å². The molecule has 0 aromatic heterocycles. The Kier molecular flexibility index (Phi) is 3.41. The Morgan fingerprint density at radius 1 is 1.05 bits per heavy atom. The van der Waals surface area contributed by atoms with Crippen molar-refractivity contribution in [1.29, 1.82) is 0 Å². The summed E-state index contributed by atoms with van der Waals surface area (Å²) >= 11 is 0. The van der Waals surface area contributed by atoms with Crippen LogP contribution in [0.4, 0.5) is 24.5 Å². The lowest BCUT2D eigenvalue weighted by molar-refractivity contribution is 0.102. The number of anilines is 2. The third-order valence-electron chi connectivity index (χ3n) is 2.39. The van der Waals surface area contributed by atoms with Crippen molar-refractivity contribution in [2.45, 2.75) is 0 Å². The fraction of sp³-hybridized carbons (Fsp3) is 0. The first-order chi connectivity index (χ1) is 8.97. The highest BCUT2D eigenvalue weighted by Crippen LogP contribution is 2.21. The average molecular weight is 266 g/mol. The van der Waals surface area contributed by atoms with Gasteiger partial charge in [0.25, 0.3) is 5.91 Å². The summed E-state index contributed by atoms with van der Waals surface area (Å²) in [7, 11) is 0. The van der Waals surface area contributed by atoms with E-state index >= 15 is 0 Å². The molecule has 0 radical (unpaired) electrons. The molecule has 0 unspecified atom stereocenters. The van der Waals surface area contributed by atoms with Crippen LogP contribution < -0.4 is 11.1 Å². The van der Waals surface area contributed by atoms with Crippen LogP contribution in [0.5, 0.6) is 0 Å². The van der Waals surface area contributed by atoms with Crippen molar-refractivity contribution in [2.75, 3.05) is 11.1 Å². The van der Waals surface area contributed by atoms with Gasteiger partial charge < -0.3 is 11.1 Å². The highest BCUT2D eigenvalue weighted by atomic mass is 19.1. The third kappa shape index (κ3) is 2.85. The molecule has 0 saturated carbocycles. The van der Waals surface area contributed by atoms with Gasteiger partial charge in [-0.15, -0.1) is 0 Å². The fourth-order valence-electron chi connectivity index (χ4n) is 1.53. The van der Waals surface area contributed by atoms with Crippen molar-refractivity contribution < 1.29 is 18.0 Å². The molecule has 3 nitrogen and oxygen atoms in total. The van der Waals surface area contributed by atoms with Gasteiger partial charge in [0.05, 0.1) is 0 Å². The lowest BCUT2D eigenvalue weighted by atomic mass is 10.2. The van der Waals surface area contributed by atoms with Crippen molar-refractivity contribution in [3.8, 4) is 0 Å². The Morgan fingerprint density at radius 2 is 1.68 bits per heavy atom. The summed E-state index contributed by atoms with van der Waals surface area (Å²) in [6.07, 6.45) is 0. The van der Waals surface area contributed by atoms with Crippen LogP contribution in [0.2, 0.25) is 0 Å². The maximum atomic E-state index is 13.3. The minimum Gasteiger partial charge on any atom is -0.399 e. The first kappa shape index (κ1) is 12.9. The molecule has 6 heteroatoms. The molecule has 1 amide bonds. The quantitative estimate of drug-likeness (QED) is 0.821. The SMILES string of the molecule is Nc1cccc(C(=O)Nc2c(F)cc(F)cc2F)c1. The van der Waals surface area contributed by atoms with Crippen LogP contribution >= 0.6 is 0 Å². The van der Waals surface area contributed by atoms with E-state index in [0.29, 0.717) is 17.8 Å². The molecule has 0 fully saturated rings. The number of carbonyl (C=O) groups is 1. The van der Waals surface area contributed by atoms with Crippen LogP contribution in [0.3, 0.4) is 0 Å². The van der Waals surface area contributed by atoms with Crippen LogP contribution in [0.15, 0.2) is 36.4 Å². The van der Waals surface area contributed by atoms with Crippen molar-refractivity contribution in [2.24, 2.45) is 0 Å². The molecule has 98 valence electrons. The molecule has 0 aliphatic carbocycles. The minimum absolute atomic E-state index is 0.142. The number of carbonyl (C=O) groups excluding carboxylic acids is 1. The molecule has 0 aliphatic rings. The fourth-order valence-corrected chi connectivity index (χ4v) is 1.53. The van der Waals surface area contributed by atoms with Crippen molar-refractivity contribution in [3.05, 3.63) is 59.4 Å². The molecule has 2 aromatic carbocycles. The molecule has 0 saturated heterocycles. The number of nitrogens with two attached hydrogens (primary N) is 1. The van der Waals surface area contributed by atoms with Crippen LogP contribution in [-0.2, 0) is 0 Å². The van der Waals surface area contributed by atoms with Gasteiger partial charge in [0.15, 0.2) is 11.6 Å². The van der Waals surface area contributed by atoms with E-state index in [-0.39, 0.29) is 5.56 Å². The number of amides is 1. The number of benzene rings is 2. The number of nitrogens with one attached hydrogen (secondary N) is 1. The van der Waals surface area contributed by atoms with Gasteiger partial charge in [-0.25, -0.2) is 13.2 Å². The first-order valence-corrected chi connectivity index (χ1v) is 5.29. The second-order valence-corrected chi connectivity index (χ2v) is 3.82. The van der Waals surface area contributed by atoms with Crippen LogP contribution in [0, 0.1) is 17.5 Å². The second kappa shape index (κ2) is 5.01. The molecule has 3 N–H and O–H groups in total. The first-order valence-electron chi connectivity index (χ1n) is 5.29. The predicted octanol–water partition coefficient (Wildman–Crippen LogP) is 2.94. The summed E-state index contributed by atoms with van der Waals surface area (Å²) in [5.41, 5.74) is 5.27. The van der Waals surface area contributed by atoms with Gasteiger partial charge in [0.2, 0.25) is 0 Å². The summed E-state index contributed by atoms with van der Waals surface area (Å²) in [4.78, 5) is 11.8. The van der Waals surface area contributed by atoms with Crippen molar-refractivity contribution in [1.82, 2.24) is 0 Å². The molecular weight excluding hydrogens is 257 g/mol. The maximum Gasteiger partial charge on any atom is 0.255 e. The molecule has 0 aliphatic heterocycles. The molecule has 0 heterocycles. The lowest BCUT2D eigenvalue weighted by Gasteiger charge is -2.08. The van der Waals surface area contributed by atoms with Gasteiger partial charge >= 0.3 is 0 Å². The highest BCUT2D eigenvalue weighted by molar-refractivity contribution is 6.04. The Morgan fingerprint density at radius 3 is 2.26 bits per heavy atom. The summed E-state index contributed by atoms with van der Waals surface area (Å²) in [6, 6.07) is 6.85. The van der Waals surface area contributed by atoms with E-state index in [1.807, 2.05) is 5.32 Å². The Bertz CT molecular complexity index is 621. The lowest BCUT2D eigenvalue weighted by Crippen LogP contribution is -2.14.